The van der Waals surface area contributed by atoms with Gasteiger partial charge in [0.15, 0.2) is 0 Å². The molecule has 0 aliphatic rings. The molecule has 1 N–H and O–H groups in total. The SMILES string of the molecule is CC(C)c1nc2sc(CCOc3ccccc3)nn2c1CO. The fourth-order valence-corrected chi connectivity index (χ4v) is 3.23. The largest absolute Gasteiger partial charge is 0.493 e. The molecular weight excluding hydrogens is 298 g/mol. The summed E-state index contributed by atoms with van der Waals surface area (Å²) in [4.78, 5) is 5.42. The molecule has 22 heavy (non-hydrogen) atoms. The number of rotatable bonds is 6. The second-order valence-electron chi connectivity index (χ2n) is 5.36. The summed E-state index contributed by atoms with van der Waals surface area (Å²) in [5.41, 5.74) is 1.71. The van der Waals surface area contributed by atoms with Gasteiger partial charge in [0.1, 0.15) is 10.8 Å². The lowest BCUT2D eigenvalue weighted by Gasteiger charge is -2.04. The van der Waals surface area contributed by atoms with Gasteiger partial charge in [0.2, 0.25) is 4.96 Å². The first kappa shape index (κ1) is 15.0. The Balaban J connectivity index is 1.71. The number of hydrogen-bond donors (Lipinski definition) is 1. The molecule has 2 heterocycles. The van der Waals surface area contributed by atoms with Crippen molar-refractivity contribution in [3.63, 3.8) is 0 Å². The molecule has 2 aromatic heterocycles. The first-order chi connectivity index (χ1) is 10.7. The van der Waals surface area contributed by atoms with Crippen LogP contribution in [0.1, 0.15) is 36.2 Å². The summed E-state index contributed by atoms with van der Waals surface area (Å²) in [7, 11) is 0. The Morgan fingerprint density at radius 1 is 1.27 bits per heavy atom. The highest BCUT2D eigenvalue weighted by molar-refractivity contribution is 7.16. The third kappa shape index (κ3) is 2.98. The molecule has 0 saturated carbocycles. The number of aliphatic hydroxyl groups excluding tert-OH is 1. The van der Waals surface area contributed by atoms with E-state index in [1.165, 1.54) is 0 Å². The molecule has 0 amide bonds. The highest BCUT2D eigenvalue weighted by Crippen LogP contribution is 2.24. The van der Waals surface area contributed by atoms with Gasteiger partial charge in [-0.25, -0.2) is 9.50 Å². The van der Waals surface area contributed by atoms with Gasteiger partial charge in [0.05, 0.1) is 24.6 Å². The number of aromatic nitrogens is 3. The van der Waals surface area contributed by atoms with Crippen LogP contribution in [0.2, 0.25) is 0 Å². The van der Waals surface area contributed by atoms with Crippen molar-refractivity contribution in [3.05, 3.63) is 46.7 Å². The van der Waals surface area contributed by atoms with Gasteiger partial charge in [0.25, 0.3) is 0 Å². The number of hydrogen-bond acceptors (Lipinski definition) is 5. The van der Waals surface area contributed by atoms with Crippen molar-refractivity contribution in [3.8, 4) is 5.75 Å². The number of aliphatic hydroxyl groups is 1. The summed E-state index contributed by atoms with van der Waals surface area (Å²) in [6.07, 6.45) is 0.727. The summed E-state index contributed by atoms with van der Waals surface area (Å²) < 4.78 is 7.45. The van der Waals surface area contributed by atoms with Gasteiger partial charge in [-0.1, -0.05) is 43.4 Å². The van der Waals surface area contributed by atoms with Crippen molar-refractivity contribution in [1.29, 1.82) is 0 Å². The van der Waals surface area contributed by atoms with E-state index in [-0.39, 0.29) is 12.5 Å². The first-order valence-electron chi connectivity index (χ1n) is 7.35. The quantitative estimate of drug-likeness (QED) is 0.759. The van der Waals surface area contributed by atoms with E-state index in [1.807, 2.05) is 30.3 Å². The van der Waals surface area contributed by atoms with Gasteiger partial charge in [-0.3, -0.25) is 0 Å². The summed E-state index contributed by atoms with van der Waals surface area (Å²) in [5, 5.41) is 15.1. The van der Waals surface area contributed by atoms with Crippen molar-refractivity contribution < 1.29 is 9.84 Å². The van der Waals surface area contributed by atoms with Crippen molar-refractivity contribution in [2.75, 3.05) is 6.61 Å². The molecule has 0 fully saturated rings. The summed E-state index contributed by atoms with van der Waals surface area (Å²) >= 11 is 1.55. The van der Waals surface area contributed by atoms with Crippen LogP contribution in [0.3, 0.4) is 0 Å². The zero-order valence-corrected chi connectivity index (χ0v) is 13.5. The van der Waals surface area contributed by atoms with Crippen LogP contribution in [0, 0.1) is 0 Å². The molecule has 0 atom stereocenters. The molecule has 0 bridgehead atoms. The molecular formula is C16H19N3O2S. The number of benzene rings is 1. The van der Waals surface area contributed by atoms with E-state index in [0.29, 0.717) is 6.61 Å². The predicted octanol–water partition coefficient (Wildman–Crippen LogP) is 3.03. The van der Waals surface area contributed by atoms with Gasteiger partial charge in [-0.05, 0) is 18.1 Å². The minimum Gasteiger partial charge on any atom is -0.493 e. The molecule has 1 aromatic carbocycles. The van der Waals surface area contributed by atoms with Crippen LogP contribution in [-0.2, 0) is 13.0 Å². The Morgan fingerprint density at radius 2 is 2.05 bits per heavy atom. The number of ether oxygens (including phenoxy) is 1. The van der Waals surface area contributed by atoms with Crippen LogP contribution in [-0.4, -0.2) is 26.3 Å². The van der Waals surface area contributed by atoms with Crippen LogP contribution in [0.25, 0.3) is 4.96 Å². The molecule has 3 rings (SSSR count). The molecule has 3 aromatic rings. The second-order valence-corrected chi connectivity index (χ2v) is 6.40. The average Bonchev–Trinajstić information content (AvgIpc) is 3.05. The maximum Gasteiger partial charge on any atom is 0.212 e. The molecule has 5 nitrogen and oxygen atoms in total. The van der Waals surface area contributed by atoms with Crippen LogP contribution in [0.5, 0.6) is 5.75 Å². The van der Waals surface area contributed by atoms with Crippen molar-refractivity contribution in [2.24, 2.45) is 0 Å². The smallest absolute Gasteiger partial charge is 0.212 e. The van der Waals surface area contributed by atoms with Gasteiger partial charge in [-0.15, -0.1) is 0 Å². The Labute approximate surface area is 133 Å². The van der Waals surface area contributed by atoms with Gasteiger partial charge in [0, 0.05) is 6.42 Å². The topological polar surface area (TPSA) is 59.7 Å². The lowest BCUT2D eigenvalue weighted by Crippen LogP contribution is -2.03. The van der Waals surface area contributed by atoms with E-state index >= 15 is 0 Å². The third-order valence-electron chi connectivity index (χ3n) is 3.39. The molecule has 6 heteroatoms. The van der Waals surface area contributed by atoms with Crippen LogP contribution in [0.4, 0.5) is 0 Å². The Bertz CT molecular complexity index is 749. The monoisotopic (exact) mass is 317 g/mol. The minimum absolute atomic E-state index is 0.0433. The van der Waals surface area contributed by atoms with Crippen LogP contribution in [0.15, 0.2) is 30.3 Å². The van der Waals surface area contributed by atoms with E-state index in [1.54, 1.807) is 15.9 Å². The Morgan fingerprint density at radius 3 is 2.73 bits per heavy atom. The average molecular weight is 317 g/mol. The zero-order chi connectivity index (χ0) is 15.5. The molecule has 0 saturated heterocycles. The normalized spacial score (nSPS) is 11.5. The number of para-hydroxylation sites is 1. The van der Waals surface area contributed by atoms with E-state index in [4.69, 9.17) is 4.74 Å². The number of nitrogens with zero attached hydrogens (tertiary/aromatic N) is 3. The predicted molar refractivity (Wildman–Crippen MR) is 86.5 cm³/mol. The summed E-state index contributed by atoms with van der Waals surface area (Å²) in [6, 6.07) is 9.74. The second kappa shape index (κ2) is 6.46. The van der Waals surface area contributed by atoms with Crippen LogP contribution < -0.4 is 4.74 Å². The molecule has 0 unspecified atom stereocenters. The lowest BCUT2D eigenvalue weighted by molar-refractivity contribution is 0.272. The van der Waals surface area contributed by atoms with Gasteiger partial charge < -0.3 is 9.84 Å². The molecule has 0 aliphatic heterocycles. The van der Waals surface area contributed by atoms with Gasteiger partial charge in [-0.2, -0.15) is 5.10 Å². The molecule has 0 aliphatic carbocycles. The Kier molecular flexibility index (Phi) is 4.40. The summed E-state index contributed by atoms with van der Waals surface area (Å²) in [5.74, 6) is 1.14. The highest BCUT2D eigenvalue weighted by Gasteiger charge is 2.17. The van der Waals surface area contributed by atoms with Crippen molar-refractivity contribution >= 4 is 16.3 Å². The molecule has 0 radical (unpaired) electrons. The third-order valence-corrected chi connectivity index (χ3v) is 4.36. The van der Waals surface area contributed by atoms with E-state index in [9.17, 15) is 5.11 Å². The van der Waals surface area contributed by atoms with Crippen molar-refractivity contribution in [1.82, 2.24) is 14.6 Å². The maximum absolute atomic E-state index is 9.57. The first-order valence-corrected chi connectivity index (χ1v) is 8.16. The lowest BCUT2D eigenvalue weighted by atomic mass is 10.1. The standard InChI is InChI=1S/C16H19N3O2S/c1-11(2)15-13(10-20)19-16(17-15)22-14(18-19)8-9-21-12-6-4-3-5-7-12/h3-7,11,20H,8-10H2,1-2H3. The van der Waals surface area contributed by atoms with E-state index in [0.717, 1.165) is 33.5 Å². The van der Waals surface area contributed by atoms with Gasteiger partial charge >= 0.3 is 0 Å². The molecule has 116 valence electrons. The maximum atomic E-state index is 9.57. The zero-order valence-electron chi connectivity index (χ0n) is 12.7. The van der Waals surface area contributed by atoms with E-state index < -0.39 is 0 Å². The molecule has 0 spiro atoms. The van der Waals surface area contributed by atoms with Crippen LogP contribution >= 0.6 is 11.3 Å². The summed E-state index contributed by atoms with van der Waals surface area (Å²) in [6.45, 7) is 4.67. The Hall–Kier alpha value is -1.92. The van der Waals surface area contributed by atoms with E-state index in [2.05, 4.69) is 23.9 Å². The highest BCUT2D eigenvalue weighted by atomic mass is 32.1. The fraction of sp³-hybridized carbons (Fsp3) is 0.375. The minimum atomic E-state index is -0.0433. The fourth-order valence-electron chi connectivity index (χ4n) is 2.33. The number of imidazole rings is 1. The van der Waals surface area contributed by atoms with Crippen molar-refractivity contribution in [2.45, 2.75) is 32.8 Å². The number of fused-ring (bicyclic) bond motifs is 1.